The third kappa shape index (κ3) is 5.95. The Morgan fingerprint density at radius 3 is 2.82 bits per heavy atom. The Hall–Kier alpha value is -4.19. The number of hydrogen-bond acceptors (Lipinski definition) is 5. The van der Waals surface area contributed by atoms with Gasteiger partial charge in [0.05, 0.1) is 23.9 Å². The third-order valence-electron chi connectivity index (χ3n) is 5.14. The number of H-pyrrole nitrogens is 1. The highest BCUT2D eigenvalue weighted by atomic mass is 19.1. The van der Waals surface area contributed by atoms with E-state index in [1.165, 1.54) is 18.3 Å². The molecular weight excluding hydrogens is 423 g/mol. The minimum Gasteiger partial charge on any atom is -0.353 e. The largest absolute Gasteiger partial charge is 0.353 e. The molecular formula is C24H23FN6O2. The lowest BCUT2D eigenvalue weighted by Gasteiger charge is -2.28. The summed E-state index contributed by atoms with van der Waals surface area (Å²) in [6, 6.07) is 7.52. The van der Waals surface area contributed by atoms with Crippen LogP contribution in [0.5, 0.6) is 0 Å². The minimum absolute atomic E-state index is 0.0973. The Labute approximate surface area is 190 Å². The fraction of sp³-hybridized carbons (Fsp3) is 0.250. The summed E-state index contributed by atoms with van der Waals surface area (Å²) in [6.45, 7) is 1.76. The Morgan fingerprint density at radius 2 is 2.06 bits per heavy atom. The first-order valence-corrected chi connectivity index (χ1v) is 10.6. The number of piperazine rings is 1. The number of pyridine rings is 1. The standard InChI is InChI=1S/C24H23FN6O2/c25-21-7-4-17(5-8-21)3-6-19-12-20(15-28-23(19)31-11-10-26-22(32)16-31)24(33)27-9-1-2-18-13-29-30-14-18/h4-5,7-8,12-15H,1-2,9-11,16H2,(H,26,32)(H,27,33)(H,29,30). The topological polar surface area (TPSA) is 103 Å². The normalized spacial score (nSPS) is 13.1. The first-order chi connectivity index (χ1) is 16.1. The number of carbonyl (C=O) groups excluding carboxylic acids is 2. The minimum atomic E-state index is -0.339. The summed E-state index contributed by atoms with van der Waals surface area (Å²) in [4.78, 5) is 30.8. The van der Waals surface area contributed by atoms with Gasteiger partial charge in [0.1, 0.15) is 11.6 Å². The Kier molecular flexibility index (Phi) is 6.95. The predicted molar refractivity (Wildman–Crippen MR) is 121 cm³/mol. The van der Waals surface area contributed by atoms with Crippen LogP contribution in [-0.4, -0.2) is 53.2 Å². The van der Waals surface area contributed by atoms with E-state index in [4.69, 9.17) is 0 Å². The molecule has 9 heteroatoms. The zero-order valence-corrected chi connectivity index (χ0v) is 17.9. The monoisotopic (exact) mass is 446 g/mol. The molecule has 0 saturated carbocycles. The summed E-state index contributed by atoms with van der Waals surface area (Å²) in [6.07, 6.45) is 6.67. The maximum Gasteiger partial charge on any atom is 0.252 e. The molecule has 0 spiro atoms. The second-order valence-corrected chi connectivity index (χ2v) is 7.59. The number of aromatic amines is 1. The highest BCUT2D eigenvalue weighted by molar-refractivity contribution is 5.94. The molecule has 2 aromatic heterocycles. The summed E-state index contributed by atoms with van der Waals surface area (Å²) in [7, 11) is 0. The second-order valence-electron chi connectivity index (χ2n) is 7.59. The number of benzene rings is 1. The quantitative estimate of drug-likeness (QED) is 0.395. The molecule has 1 saturated heterocycles. The van der Waals surface area contributed by atoms with Gasteiger partial charge in [-0.2, -0.15) is 5.10 Å². The van der Waals surface area contributed by atoms with E-state index in [1.807, 2.05) is 11.1 Å². The van der Waals surface area contributed by atoms with Crippen molar-refractivity contribution in [2.45, 2.75) is 12.8 Å². The number of hydrogen-bond donors (Lipinski definition) is 3. The summed E-state index contributed by atoms with van der Waals surface area (Å²) < 4.78 is 13.2. The smallest absolute Gasteiger partial charge is 0.252 e. The van der Waals surface area contributed by atoms with E-state index in [-0.39, 0.29) is 24.2 Å². The maximum atomic E-state index is 13.2. The van der Waals surface area contributed by atoms with Crippen molar-refractivity contribution in [2.75, 3.05) is 31.1 Å². The van der Waals surface area contributed by atoms with E-state index in [1.54, 1.807) is 24.4 Å². The first kappa shape index (κ1) is 22.0. The van der Waals surface area contributed by atoms with Crippen LogP contribution in [0.2, 0.25) is 0 Å². The van der Waals surface area contributed by atoms with Crippen LogP contribution < -0.4 is 15.5 Å². The van der Waals surface area contributed by atoms with Crippen molar-refractivity contribution in [2.24, 2.45) is 0 Å². The Balaban J connectivity index is 1.52. The van der Waals surface area contributed by atoms with E-state index in [0.717, 1.165) is 18.4 Å². The van der Waals surface area contributed by atoms with Crippen LogP contribution in [0.15, 0.2) is 48.9 Å². The molecule has 168 valence electrons. The molecule has 1 aromatic carbocycles. The van der Waals surface area contributed by atoms with Crippen LogP contribution in [-0.2, 0) is 11.2 Å². The third-order valence-corrected chi connectivity index (χ3v) is 5.14. The van der Waals surface area contributed by atoms with Gasteiger partial charge < -0.3 is 15.5 Å². The highest BCUT2D eigenvalue weighted by Gasteiger charge is 2.21. The molecule has 0 aliphatic carbocycles. The SMILES string of the molecule is O=C1CN(c2ncc(C(=O)NCCCc3cn[nH]c3)cc2C#Cc2ccc(F)cc2)CCN1. The Morgan fingerprint density at radius 1 is 1.21 bits per heavy atom. The average molecular weight is 446 g/mol. The molecule has 33 heavy (non-hydrogen) atoms. The molecule has 3 aromatic rings. The van der Waals surface area contributed by atoms with Crippen molar-refractivity contribution in [3.63, 3.8) is 0 Å². The zero-order chi connectivity index (χ0) is 23.0. The fourth-order valence-corrected chi connectivity index (χ4v) is 3.43. The van der Waals surface area contributed by atoms with Crippen LogP contribution in [0, 0.1) is 17.7 Å². The summed E-state index contributed by atoms with van der Waals surface area (Å²) >= 11 is 0. The maximum absolute atomic E-state index is 13.2. The van der Waals surface area contributed by atoms with Gasteiger partial charge in [-0.1, -0.05) is 11.8 Å². The van der Waals surface area contributed by atoms with Crippen LogP contribution in [0.1, 0.15) is 33.5 Å². The van der Waals surface area contributed by atoms with Gasteiger partial charge in [-0.15, -0.1) is 0 Å². The molecule has 1 fully saturated rings. The fourth-order valence-electron chi connectivity index (χ4n) is 3.43. The number of nitrogens with zero attached hydrogens (tertiary/aromatic N) is 3. The molecule has 1 aliphatic heterocycles. The number of halogens is 1. The zero-order valence-electron chi connectivity index (χ0n) is 17.9. The predicted octanol–water partition coefficient (Wildman–Crippen LogP) is 1.64. The molecule has 0 unspecified atom stereocenters. The van der Waals surface area contributed by atoms with Crippen LogP contribution in [0.4, 0.5) is 10.2 Å². The molecule has 3 N–H and O–H groups in total. The molecule has 0 bridgehead atoms. The second kappa shape index (κ2) is 10.4. The number of aryl methyl sites for hydroxylation is 1. The van der Waals surface area contributed by atoms with Crippen LogP contribution in [0.3, 0.4) is 0 Å². The molecule has 1 aliphatic rings. The molecule has 8 nitrogen and oxygen atoms in total. The molecule has 2 amide bonds. The van der Waals surface area contributed by atoms with Gasteiger partial charge in [0.15, 0.2) is 0 Å². The van der Waals surface area contributed by atoms with E-state index < -0.39 is 0 Å². The number of nitrogens with one attached hydrogen (secondary N) is 3. The van der Waals surface area contributed by atoms with Crippen LogP contribution >= 0.6 is 0 Å². The highest BCUT2D eigenvalue weighted by Crippen LogP contribution is 2.19. The van der Waals surface area contributed by atoms with E-state index in [2.05, 4.69) is 37.7 Å². The van der Waals surface area contributed by atoms with Gasteiger partial charge in [-0.25, -0.2) is 9.37 Å². The van der Waals surface area contributed by atoms with E-state index in [0.29, 0.717) is 42.1 Å². The lowest BCUT2D eigenvalue weighted by Crippen LogP contribution is -2.48. The Bertz CT molecular complexity index is 1180. The molecule has 0 atom stereocenters. The van der Waals surface area contributed by atoms with Crippen molar-refractivity contribution < 1.29 is 14.0 Å². The number of amides is 2. The van der Waals surface area contributed by atoms with Gasteiger partial charge in [0.2, 0.25) is 5.91 Å². The number of rotatable bonds is 6. The van der Waals surface area contributed by atoms with Crippen molar-refractivity contribution in [1.82, 2.24) is 25.8 Å². The van der Waals surface area contributed by atoms with Gasteiger partial charge >= 0.3 is 0 Å². The van der Waals surface area contributed by atoms with E-state index >= 15 is 0 Å². The van der Waals surface area contributed by atoms with E-state index in [9.17, 15) is 14.0 Å². The van der Waals surface area contributed by atoms with Crippen molar-refractivity contribution in [1.29, 1.82) is 0 Å². The number of carbonyl (C=O) groups is 2. The first-order valence-electron chi connectivity index (χ1n) is 10.6. The van der Waals surface area contributed by atoms with Gasteiger partial charge in [0, 0.05) is 37.6 Å². The summed E-state index contributed by atoms with van der Waals surface area (Å²) in [5.74, 6) is 5.89. The van der Waals surface area contributed by atoms with Gasteiger partial charge in [-0.3, -0.25) is 14.7 Å². The summed E-state index contributed by atoms with van der Waals surface area (Å²) in [5.41, 5.74) is 2.62. The molecule has 4 rings (SSSR count). The van der Waals surface area contributed by atoms with Crippen molar-refractivity contribution >= 4 is 17.6 Å². The molecule has 0 radical (unpaired) electrons. The van der Waals surface area contributed by atoms with Crippen molar-refractivity contribution in [3.05, 3.63) is 77.0 Å². The lowest BCUT2D eigenvalue weighted by molar-refractivity contribution is -0.120. The van der Waals surface area contributed by atoms with Crippen molar-refractivity contribution in [3.8, 4) is 11.8 Å². The summed E-state index contributed by atoms with van der Waals surface area (Å²) in [5, 5.41) is 12.4. The van der Waals surface area contributed by atoms with Gasteiger partial charge in [0.25, 0.3) is 5.91 Å². The number of aromatic nitrogens is 3. The van der Waals surface area contributed by atoms with Crippen LogP contribution in [0.25, 0.3) is 0 Å². The molecule has 3 heterocycles. The number of anilines is 1. The average Bonchev–Trinajstić information content (AvgIpc) is 3.35. The van der Waals surface area contributed by atoms with Gasteiger partial charge in [-0.05, 0) is 48.7 Å². The lowest BCUT2D eigenvalue weighted by atomic mass is 10.1.